The molecule has 0 saturated heterocycles. The minimum absolute atomic E-state index is 0.507. The second kappa shape index (κ2) is 4.28. The third kappa shape index (κ3) is 3.92. The van der Waals surface area contributed by atoms with E-state index in [0.717, 1.165) is 0 Å². The van der Waals surface area contributed by atoms with Gasteiger partial charge in [-0.2, -0.15) is 0 Å². The second-order valence-electron chi connectivity index (χ2n) is 1.69. The molecule has 0 bridgehead atoms. The number of hydrogen-bond donors (Lipinski definition) is 1. The van der Waals surface area contributed by atoms with Gasteiger partial charge in [-0.05, 0) is 0 Å². The highest BCUT2D eigenvalue weighted by atomic mass is 32.2. The topological polar surface area (TPSA) is 27.1 Å². The van der Waals surface area contributed by atoms with E-state index in [1.54, 1.807) is 4.90 Å². The van der Waals surface area contributed by atoms with E-state index >= 15 is 0 Å². The van der Waals surface area contributed by atoms with Crippen LogP contribution in [0, 0.1) is 17.8 Å². The smallest absolute Gasteiger partial charge is 0.156 e. The highest BCUT2D eigenvalue weighted by molar-refractivity contribution is 8.13. The van der Waals surface area contributed by atoms with E-state index in [0.29, 0.717) is 10.9 Å². The maximum atomic E-state index is 7.24. The van der Waals surface area contributed by atoms with Crippen molar-refractivity contribution >= 4 is 16.9 Å². The number of hydrogen-bond acceptors (Lipinski definition) is 2. The minimum atomic E-state index is 0.507. The van der Waals surface area contributed by atoms with Crippen molar-refractivity contribution in [2.45, 2.75) is 0 Å². The van der Waals surface area contributed by atoms with Gasteiger partial charge in [-0.1, -0.05) is 17.7 Å². The average Bonchev–Trinajstić information content (AvgIpc) is 1.82. The van der Waals surface area contributed by atoms with E-state index in [9.17, 15) is 0 Å². The van der Waals surface area contributed by atoms with Crippen LogP contribution in [0.1, 0.15) is 0 Å². The van der Waals surface area contributed by atoms with Gasteiger partial charge in [0.05, 0.1) is 5.75 Å². The lowest BCUT2D eigenvalue weighted by molar-refractivity contribution is 0.632. The molecule has 1 N–H and O–H groups in total. The van der Waals surface area contributed by atoms with Gasteiger partial charge in [0.1, 0.15) is 0 Å². The number of nitrogens with zero attached hydrogens (tertiary/aromatic N) is 1. The summed E-state index contributed by atoms with van der Waals surface area (Å²) in [6.07, 6.45) is 4.99. The minimum Gasteiger partial charge on any atom is -0.358 e. The first-order valence-electron chi connectivity index (χ1n) is 2.50. The Morgan fingerprint density at radius 3 is 2.67 bits per heavy atom. The van der Waals surface area contributed by atoms with Crippen LogP contribution in [0.2, 0.25) is 0 Å². The van der Waals surface area contributed by atoms with Crippen LogP contribution in [0.5, 0.6) is 0 Å². The second-order valence-corrected chi connectivity index (χ2v) is 2.66. The Morgan fingerprint density at radius 2 is 2.33 bits per heavy atom. The van der Waals surface area contributed by atoms with Crippen molar-refractivity contribution < 1.29 is 0 Å². The maximum Gasteiger partial charge on any atom is 0.156 e. The number of terminal acetylenes is 1. The van der Waals surface area contributed by atoms with Crippen molar-refractivity contribution in [2.75, 3.05) is 19.8 Å². The fourth-order valence-electron chi connectivity index (χ4n) is 0.239. The molecule has 50 valence electrons. The summed E-state index contributed by atoms with van der Waals surface area (Å²) in [7, 11) is 3.65. The zero-order valence-electron chi connectivity index (χ0n) is 5.64. The van der Waals surface area contributed by atoms with E-state index in [1.165, 1.54) is 11.8 Å². The summed E-state index contributed by atoms with van der Waals surface area (Å²) in [5.41, 5.74) is 0. The van der Waals surface area contributed by atoms with Crippen molar-refractivity contribution in [3.05, 3.63) is 0 Å². The lowest BCUT2D eigenvalue weighted by Crippen LogP contribution is -2.17. The predicted octanol–water partition coefficient (Wildman–Crippen LogP) is 0.849. The summed E-state index contributed by atoms with van der Waals surface area (Å²) in [5, 5.41) is 7.75. The van der Waals surface area contributed by atoms with Crippen LogP contribution in [-0.4, -0.2) is 29.9 Å². The number of nitrogens with one attached hydrogen (secondary N) is 1. The molecular weight excluding hydrogens is 132 g/mol. The Morgan fingerprint density at radius 1 is 1.78 bits per heavy atom. The molecule has 0 aromatic heterocycles. The lowest BCUT2D eigenvalue weighted by atomic mass is 10.8. The van der Waals surface area contributed by atoms with Crippen molar-refractivity contribution in [2.24, 2.45) is 0 Å². The van der Waals surface area contributed by atoms with Crippen LogP contribution in [0.4, 0.5) is 0 Å². The zero-order valence-corrected chi connectivity index (χ0v) is 6.46. The van der Waals surface area contributed by atoms with Gasteiger partial charge in [0.15, 0.2) is 5.17 Å². The maximum absolute atomic E-state index is 7.24. The monoisotopic (exact) mass is 142 g/mol. The molecule has 0 amide bonds. The van der Waals surface area contributed by atoms with Crippen LogP contribution >= 0.6 is 11.8 Å². The molecule has 0 aromatic rings. The van der Waals surface area contributed by atoms with Crippen molar-refractivity contribution in [3.63, 3.8) is 0 Å². The molecular formula is C6H10N2S. The van der Waals surface area contributed by atoms with Crippen molar-refractivity contribution in [1.82, 2.24) is 4.90 Å². The third-order valence-electron chi connectivity index (χ3n) is 0.698. The van der Waals surface area contributed by atoms with Gasteiger partial charge < -0.3 is 4.90 Å². The lowest BCUT2D eigenvalue weighted by Gasteiger charge is -2.10. The van der Waals surface area contributed by atoms with Gasteiger partial charge in [0.25, 0.3) is 0 Å². The molecule has 2 nitrogen and oxygen atoms in total. The molecule has 0 fully saturated rings. The molecule has 0 unspecified atom stereocenters. The average molecular weight is 142 g/mol. The first-order valence-corrected chi connectivity index (χ1v) is 3.49. The predicted molar refractivity (Wildman–Crippen MR) is 42.7 cm³/mol. The first kappa shape index (κ1) is 8.38. The van der Waals surface area contributed by atoms with E-state index in [-0.39, 0.29) is 0 Å². The third-order valence-corrected chi connectivity index (χ3v) is 1.65. The molecule has 0 heterocycles. The summed E-state index contributed by atoms with van der Waals surface area (Å²) in [6, 6.07) is 0. The first-order chi connectivity index (χ1) is 4.18. The van der Waals surface area contributed by atoms with Crippen LogP contribution in [0.25, 0.3) is 0 Å². The van der Waals surface area contributed by atoms with Crippen molar-refractivity contribution in [1.29, 1.82) is 5.41 Å². The molecule has 0 aromatic carbocycles. The Kier molecular flexibility index (Phi) is 3.98. The van der Waals surface area contributed by atoms with Crippen LogP contribution in [0.15, 0.2) is 0 Å². The fraction of sp³-hybridized carbons (Fsp3) is 0.500. The molecule has 0 aliphatic rings. The summed E-state index contributed by atoms with van der Waals surface area (Å²) < 4.78 is 0. The van der Waals surface area contributed by atoms with E-state index in [4.69, 9.17) is 11.8 Å². The number of amidine groups is 1. The molecule has 0 rings (SSSR count). The largest absolute Gasteiger partial charge is 0.358 e. The number of rotatable bonds is 1. The Balaban J connectivity index is 3.42. The van der Waals surface area contributed by atoms with Crippen LogP contribution in [-0.2, 0) is 0 Å². The summed E-state index contributed by atoms with van der Waals surface area (Å²) in [4.78, 5) is 1.72. The van der Waals surface area contributed by atoms with E-state index in [1.807, 2.05) is 14.1 Å². The molecule has 0 saturated carbocycles. The molecule has 0 spiro atoms. The summed E-state index contributed by atoms with van der Waals surface area (Å²) in [6.45, 7) is 0. The molecule has 3 heteroatoms. The van der Waals surface area contributed by atoms with E-state index < -0.39 is 0 Å². The number of thioether (sulfide) groups is 1. The standard InChI is InChI=1S/C6H10N2S/c1-4-5-9-6(7)8(2)3/h1,7H,5H2,2-3H3. The van der Waals surface area contributed by atoms with Gasteiger partial charge >= 0.3 is 0 Å². The van der Waals surface area contributed by atoms with Crippen LogP contribution < -0.4 is 0 Å². The molecule has 0 aliphatic heterocycles. The Bertz CT molecular complexity index is 134. The highest BCUT2D eigenvalue weighted by Gasteiger charge is 1.95. The van der Waals surface area contributed by atoms with Gasteiger partial charge in [0, 0.05) is 14.1 Å². The SMILES string of the molecule is C#CCSC(=N)N(C)C. The zero-order chi connectivity index (χ0) is 7.28. The van der Waals surface area contributed by atoms with Crippen LogP contribution in [0.3, 0.4) is 0 Å². The van der Waals surface area contributed by atoms with Crippen molar-refractivity contribution in [3.8, 4) is 12.3 Å². The molecule has 0 aliphatic carbocycles. The normalized spacial score (nSPS) is 8.11. The quantitative estimate of drug-likeness (QED) is 0.334. The molecule has 9 heavy (non-hydrogen) atoms. The van der Waals surface area contributed by atoms with E-state index in [2.05, 4.69) is 5.92 Å². The fourth-order valence-corrected chi connectivity index (χ4v) is 0.717. The Hall–Kier alpha value is -0.620. The molecule has 0 atom stereocenters. The summed E-state index contributed by atoms with van der Waals surface area (Å²) in [5.74, 6) is 3.03. The summed E-state index contributed by atoms with van der Waals surface area (Å²) >= 11 is 1.36. The van der Waals surface area contributed by atoms with Gasteiger partial charge in [0.2, 0.25) is 0 Å². The highest BCUT2D eigenvalue weighted by Crippen LogP contribution is 2.01. The van der Waals surface area contributed by atoms with Gasteiger partial charge in [-0.3, -0.25) is 5.41 Å². The molecule has 0 radical (unpaired) electrons. The van der Waals surface area contributed by atoms with Gasteiger partial charge in [-0.15, -0.1) is 6.42 Å². The van der Waals surface area contributed by atoms with Gasteiger partial charge in [-0.25, -0.2) is 0 Å². The Labute approximate surface area is 60.1 Å².